The molecule has 0 fully saturated rings. The van der Waals surface area contributed by atoms with Crippen molar-refractivity contribution in [2.24, 2.45) is 0 Å². The Kier molecular flexibility index (Phi) is 4.48. The molecule has 2 nitrogen and oxygen atoms in total. The van der Waals surface area contributed by atoms with Crippen molar-refractivity contribution in [3.05, 3.63) is 29.8 Å². The third-order valence-corrected chi connectivity index (χ3v) is 4.46. The predicted octanol–water partition coefficient (Wildman–Crippen LogP) is 2.62. The van der Waals surface area contributed by atoms with Crippen molar-refractivity contribution in [3.63, 3.8) is 0 Å². The molecule has 1 aliphatic rings. The quantitative estimate of drug-likeness (QED) is 0.844. The van der Waals surface area contributed by atoms with Gasteiger partial charge in [0.2, 0.25) is 0 Å². The molecule has 0 bridgehead atoms. The summed E-state index contributed by atoms with van der Waals surface area (Å²) < 4.78 is 0. The van der Waals surface area contributed by atoms with Gasteiger partial charge in [0.25, 0.3) is 0 Å². The van der Waals surface area contributed by atoms with Crippen LogP contribution >= 0.6 is 11.8 Å². The minimum Gasteiger partial charge on any atom is -0.393 e. The minimum atomic E-state index is -0.220. The number of aliphatic hydroxyl groups is 1. The Labute approximate surface area is 108 Å². The van der Waals surface area contributed by atoms with Crippen LogP contribution in [-0.2, 0) is 0 Å². The second-order valence-corrected chi connectivity index (χ2v) is 6.00. The van der Waals surface area contributed by atoms with Gasteiger partial charge in [0.15, 0.2) is 0 Å². The van der Waals surface area contributed by atoms with Gasteiger partial charge in [0.05, 0.1) is 6.10 Å². The molecule has 1 heterocycles. The maximum Gasteiger partial charge on any atom is 0.0526 e. The van der Waals surface area contributed by atoms with Crippen LogP contribution in [0.2, 0.25) is 0 Å². The third-order valence-electron chi connectivity index (χ3n) is 3.21. The molecule has 1 aromatic carbocycles. The molecule has 2 rings (SSSR count). The Balaban J connectivity index is 1.85. The zero-order chi connectivity index (χ0) is 12.3. The zero-order valence-electron chi connectivity index (χ0n) is 10.5. The highest BCUT2D eigenvalue weighted by molar-refractivity contribution is 7.99. The standard InChI is InChI=1S/C14H21NOS/c1-10(7-11(2)16)15-8-12-9-17-14-6-4-3-5-13(12)14/h3-6,10-12,15-16H,7-9H2,1-2H3. The molecule has 0 saturated heterocycles. The Hall–Kier alpha value is -0.510. The molecular formula is C14H21NOS. The molecule has 0 radical (unpaired) electrons. The van der Waals surface area contributed by atoms with Crippen molar-refractivity contribution in [3.8, 4) is 0 Å². The van der Waals surface area contributed by atoms with Crippen molar-refractivity contribution >= 4 is 11.8 Å². The lowest BCUT2D eigenvalue weighted by atomic mass is 10.0. The average Bonchev–Trinajstić information content (AvgIpc) is 2.69. The first-order valence-electron chi connectivity index (χ1n) is 6.30. The fraction of sp³-hybridized carbons (Fsp3) is 0.571. The summed E-state index contributed by atoms with van der Waals surface area (Å²) in [6.45, 7) is 5.00. The first kappa shape index (κ1) is 12.9. The van der Waals surface area contributed by atoms with Gasteiger partial charge in [-0.15, -0.1) is 11.8 Å². The van der Waals surface area contributed by atoms with E-state index in [4.69, 9.17) is 0 Å². The maximum absolute atomic E-state index is 9.33. The Morgan fingerprint density at radius 3 is 2.94 bits per heavy atom. The maximum atomic E-state index is 9.33. The topological polar surface area (TPSA) is 32.3 Å². The van der Waals surface area contributed by atoms with E-state index in [2.05, 4.69) is 36.5 Å². The second-order valence-electron chi connectivity index (χ2n) is 4.94. The van der Waals surface area contributed by atoms with Crippen LogP contribution in [0.25, 0.3) is 0 Å². The summed E-state index contributed by atoms with van der Waals surface area (Å²) >= 11 is 1.95. The molecule has 3 unspecified atom stereocenters. The summed E-state index contributed by atoms with van der Waals surface area (Å²) in [7, 11) is 0. The van der Waals surface area contributed by atoms with Crippen molar-refractivity contribution in [1.82, 2.24) is 5.32 Å². The monoisotopic (exact) mass is 251 g/mol. The van der Waals surface area contributed by atoms with E-state index in [-0.39, 0.29) is 6.10 Å². The van der Waals surface area contributed by atoms with Crippen molar-refractivity contribution in [1.29, 1.82) is 0 Å². The highest BCUT2D eigenvalue weighted by atomic mass is 32.2. The van der Waals surface area contributed by atoms with E-state index in [9.17, 15) is 5.11 Å². The zero-order valence-corrected chi connectivity index (χ0v) is 11.3. The fourth-order valence-corrected chi connectivity index (χ4v) is 3.59. The largest absolute Gasteiger partial charge is 0.393 e. The molecule has 0 spiro atoms. The normalized spacial score (nSPS) is 22.2. The first-order valence-corrected chi connectivity index (χ1v) is 7.28. The number of fused-ring (bicyclic) bond motifs is 1. The van der Waals surface area contributed by atoms with Crippen LogP contribution in [0, 0.1) is 0 Å². The number of benzene rings is 1. The molecule has 3 heteroatoms. The SMILES string of the molecule is CC(O)CC(C)NCC1CSc2ccccc21. The van der Waals surface area contributed by atoms with Crippen molar-refractivity contribution < 1.29 is 5.11 Å². The van der Waals surface area contributed by atoms with Gasteiger partial charge in [0, 0.05) is 29.2 Å². The van der Waals surface area contributed by atoms with E-state index in [1.165, 1.54) is 16.2 Å². The van der Waals surface area contributed by atoms with Gasteiger partial charge >= 0.3 is 0 Å². The fourth-order valence-electron chi connectivity index (χ4n) is 2.34. The number of aliphatic hydroxyl groups excluding tert-OH is 1. The number of hydrogen-bond acceptors (Lipinski definition) is 3. The van der Waals surface area contributed by atoms with E-state index in [1.54, 1.807) is 0 Å². The van der Waals surface area contributed by atoms with E-state index < -0.39 is 0 Å². The molecule has 1 aliphatic heterocycles. The summed E-state index contributed by atoms with van der Waals surface area (Å²) in [4.78, 5) is 1.43. The van der Waals surface area contributed by atoms with Gasteiger partial charge in [-0.2, -0.15) is 0 Å². The molecule has 0 saturated carbocycles. The van der Waals surface area contributed by atoms with Gasteiger partial charge in [-0.3, -0.25) is 0 Å². The van der Waals surface area contributed by atoms with Crippen molar-refractivity contribution in [2.75, 3.05) is 12.3 Å². The highest BCUT2D eigenvalue weighted by Gasteiger charge is 2.22. The molecule has 2 N–H and O–H groups in total. The third kappa shape index (κ3) is 3.47. The Morgan fingerprint density at radius 2 is 2.18 bits per heavy atom. The molecule has 17 heavy (non-hydrogen) atoms. The molecule has 1 aromatic rings. The summed E-state index contributed by atoms with van der Waals surface area (Å²) in [5.74, 6) is 1.79. The second kappa shape index (κ2) is 5.89. The highest BCUT2D eigenvalue weighted by Crippen LogP contribution is 2.38. The number of thioether (sulfide) groups is 1. The van der Waals surface area contributed by atoms with Crippen LogP contribution in [0.4, 0.5) is 0 Å². The molecule has 0 aromatic heterocycles. The summed E-state index contributed by atoms with van der Waals surface area (Å²) in [5.41, 5.74) is 1.48. The molecule has 0 amide bonds. The first-order chi connectivity index (χ1) is 8.16. The summed E-state index contributed by atoms with van der Waals surface area (Å²) in [6.07, 6.45) is 0.601. The van der Waals surface area contributed by atoms with Crippen LogP contribution in [-0.4, -0.2) is 29.5 Å². The van der Waals surface area contributed by atoms with Crippen LogP contribution in [0.3, 0.4) is 0 Å². The number of rotatable bonds is 5. The van der Waals surface area contributed by atoms with Gasteiger partial charge in [-0.25, -0.2) is 0 Å². The lowest BCUT2D eigenvalue weighted by molar-refractivity contribution is 0.170. The Bertz CT molecular complexity index is 367. The van der Waals surface area contributed by atoms with Gasteiger partial charge in [-0.05, 0) is 31.9 Å². The van der Waals surface area contributed by atoms with Gasteiger partial charge in [0.1, 0.15) is 0 Å². The van der Waals surface area contributed by atoms with E-state index in [1.807, 2.05) is 18.7 Å². The van der Waals surface area contributed by atoms with E-state index in [0.717, 1.165) is 13.0 Å². The number of hydrogen-bond donors (Lipinski definition) is 2. The molecule has 94 valence electrons. The van der Waals surface area contributed by atoms with E-state index >= 15 is 0 Å². The van der Waals surface area contributed by atoms with Crippen LogP contribution in [0.1, 0.15) is 31.7 Å². The van der Waals surface area contributed by atoms with Gasteiger partial charge in [-0.1, -0.05) is 18.2 Å². The summed E-state index contributed by atoms with van der Waals surface area (Å²) in [5, 5.41) is 12.9. The average molecular weight is 251 g/mol. The van der Waals surface area contributed by atoms with Crippen LogP contribution in [0.15, 0.2) is 29.2 Å². The molecule has 3 atom stereocenters. The van der Waals surface area contributed by atoms with Crippen LogP contribution in [0.5, 0.6) is 0 Å². The minimum absolute atomic E-state index is 0.220. The Morgan fingerprint density at radius 1 is 1.41 bits per heavy atom. The number of nitrogens with one attached hydrogen (secondary N) is 1. The summed E-state index contributed by atoms with van der Waals surface area (Å²) in [6, 6.07) is 9.06. The smallest absolute Gasteiger partial charge is 0.0526 e. The molecule has 0 aliphatic carbocycles. The van der Waals surface area contributed by atoms with Crippen LogP contribution < -0.4 is 5.32 Å². The van der Waals surface area contributed by atoms with E-state index in [0.29, 0.717) is 12.0 Å². The lowest BCUT2D eigenvalue weighted by Crippen LogP contribution is -2.32. The molecular weight excluding hydrogens is 230 g/mol. The lowest BCUT2D eigenvalue weighted by Gasteiger charge is -2.18. The predicted molar refractivity (Wildman–Crippen MR) is 73.7 cm³/mol. The van der Waals surface area contributed by atoms with Gasteiger partial charge < -0.3 is 10.4 Å². The van der Waals surface area contributed by atoms with Crippen molar-refractivity contribution in [2.45, 2.75) is 43.2 Å².